The second-order valence-electron chi connectivity index (χ2n) is 5.89. The van der Waals surface area contributed by atoms with Crippen molar-refractivity contribution < 1.29 is 8.78 Å². The zero-order chi connectivity index (χ0) is 17.0. The Morgan fingerprint density at radius 1 is 1.27 bits per heavy atom. The summed E-state index contributed by atoms with van der Waals surface area (Å²) in [5.41, 5.74) is 8.16. The van der Waals surface area contributed by atoms with E-state index in [0.29, 0.717) is 6.42 Å². The number of alkyl halides is 2. The second kappa shape index (κ2) is 11.3. The van der Waals surface area contributed by atoms with E-state index in [2.05, 4.69) is 50.9 Å². The molecule has 0 spiro atoms. The predicted molar refractivity (Wildman–Crippen MR) is 96.2 cm³/mol. The average molecular weight is 327 g/mol. The first kappa shape index (κ1) is 20.7. The SMILES string of the molecule is CCC(C)(C)C/C(=C\CCC(F)F)c1ccccc1.NC=S. The van der Waals surface area contributed by atoms with Crippen molar-refractivity contribution in [3.05, 3.63) is 42.0 Å². The summed E-state index contributed by atoms with van der Waals surface area (Å²) in [7, 11) is 0. The van der Waals surface area contributed by atoms with Crippen molar-refractivity contribution in [2.24, 2.45) is 11.1 Å². The summed E-state index contributed by atoms with van der Waals surface area (Å²) < 4.78 is 24.5. The van der Waals surface area contributed by atoms with E-state index in [1.807, 2.05) is 24.3 Å². The molecule has 0 atom stereocenters. The minimum absolute atomic E-state index is 0.0527. The molecule has 0 aromatic heterocycles. The summed E-state index contributed by atoms with van der Waals surface area (Å²) in [4.78, 5) is 0. The highest BCUT2D eigenvalue weighted by atomic mass is 32.1. The predicted octanol–water partition coefficient (Wildman–Crippen LogP) is 5.84. The fourth-order valence-corrected chi connectivity index (χ4v) is 1.97. The first-order chi connectivity index (χ1) is 10.4. The maximum Gasteiger partial charge on any atom is 0.238 e. The molecule has 0 saturated carbocycles. The van der Waals surface area contributed by atoms with Crippen LogP contribution in [-0.2, 0) is 0 Å². The Balaban J connectivity index is 0.00000135. The summed E-state index contributed by atoms with van der Waals surface area (Å²) in [5.74, 6) is 0. The van der Waals surface area contributed by atoms with Crippen molar-refractivity contribution in [2.45, 2.75) is 52.9 Å². The van der Waals surface area contributed by atoms with Gasteiger partial charge in [-0.1, -0.05) is 75.8 Å². The lowest BCUT2D eigenvalue weighted by atomic mass is 9.81. The molecular weight excluding hydrogens is 300 g/mol. The fraction of sp³-hybridized carbons (Fsp3) is 0.500. The highest BCUT2D eigenvalue weighted by molar-refractivity contribution is 7.78. The van der Waals surface area contributed by atoms with Gasteiger partial charge in [-0.15, -0.1) is 0 Å². The van der Waals surface area contributed by atoms with Crippen LogP contribution >= 0.6 is 12.2 Å². The van der Waals surface area contributed by atoms with Gasteiger partial charge in [0.1, 0.15) is 0 Å². The maximum absolute atomic E-state index is 12.3. The third-order valence-electron chi connectivity index (χ3n) is 3.55. The molecule has 0 unspecified atom stereocenters. The molecule has 0 fully saturated rings. The third-order valence-corrected chi connectivity index (χ3v) is 3.55. The van der Waals surface area contributed by atoms with E-state index in [0.717, 1.165) is 23.9 Å². The van der Waals surface area contributed by atoms with Crippen LogP contribution in [0.2, 0.25) is 0 Å². The van der Waals surface area contributed by atoms with Crippen molar-refractivity contribution in [1.82, 2.24) is 0 Å². The number of rotatable bonds is 7. The summed E-state index contributed by atoms with van der Waals surface area (Å²) in [6, 6.07) is 10.1. The smallest absolute Gasteiger partial charge is 0.238 e. The summed E-state index contributed by atoms with van der Waals surface area (Å²) >= 11 is 4.05. The Bertz CT molecular complexity index is 442. The molecule has 0 bridgehead atoms. The highest BCUT2D eigenvalue weighted by Crippen LogP contribution is 2.33. The standard InChI is InChI=1S/C17H24F2.CH3NS/c1-4-17(2,3)13-15(11-8-12-16(18)19)14-9-6-5-7-10-14;2-1-3/h5-7,9-11,16H,4,8,12-13H2,1-3H3;1H,(H2,2,3)/b15-11+;. The molecule has 2 N–H and O–H groups in total. The Morgan fingerprint density at radius 2 is 1.82 bits per heavy atom. The Hall–Kier alpha value is -1.29. The molecule has 0 saturated heterocycles. The molecule has 124 valence electrons. The molecule has 1 aromatic carbocycles. The molecule has 1 aromatic rings. The maximum atomic E-state index is 12.3. The minimum atomic E-state index is -2.22. The number of thiocarbonyl (C=S) groups is 1. The van der Waals surface area contributed by atoms with Gasteiger partial charge in [0.15, 0.2) is 0 Å². The van der Waals surface area contributed by atoms with E-state index < -0.39 is 6.43 Å². The van der Waals surface area contributed by atoms with Crippen molar-refractivity contribution in [3.63, 3.8) is 0 Å². The number of halogens is 2. The minimum Gasteiger partial charge on any atom is -0.396 e. The summed E-state index contributed by atoms with van der Waals surface area (Å²) in [6.45, 7) is 6.61. The number of allylic oxidation sites excluding steroid dienone is 2. The van der Waals surface area contributed by atoms with Gasteiger partial charge in [-0.2, -0.15) is 0 Å². The fourth-order valence-electron chi connectivity index (χ4n) is 1.97. The number of hydrogen-bond acceptors (Lipinski definition) is 1. The van der Waals surface area contributed by atoms with Crippen LogP contribution in [0.4, 0.5) is 8.78 Å². The van der Waals surface area contributed by atoms with Crippen LogP contribution in [0.15, 0.2) is 36.4 Å². The van der Waals surface area contributed by atoms with Crippen molar-refractivity contribution in [3.8, 4) is 0 Å². The quantitative estimate of drug-likeness (QED) is 0.636. The van der Waals surface area contributed by atoms with E-state index in [4.69, 9.17) is 0 Å². The van der Waals surface area contributed by atoms with Crippen molar-refractivity contribution in [2.75, 3.05) is 0 Å². The summed E-state index contributed by atoms with van der Waals surface area (Å²) in [6.07, 6.45) is 2.17. The van der Waals surface area contributed by atoms with Gasteiger partial charge in [-0.05, 0) is 29.4 Å². The largest absolute Gasteiger partial charge is 0.396 e. The number of hydrogen-bond donors (Lipinski definition) is 1. The zero-order valence-corrected chi connectivity index (χ0v) is 14.5. The van der Waals surface area contributed by atoms with Gasteiger partial charge in [0.25, 0.3) is 0 Å². The number of nitrogens with two attached hydrogens (primary N) is 1. The van der Waals surface area contributed by atoms with Crippen molar-refractivity contribution >= 4 is 23.3 Å². The van der Waals surface area contributed by atoms with Crippen LogP contribution in [0.1, 0.15) is 52.0 Å². The molecule has 0 aliphatic heterocycles. The van der Waals surface area contributed by atoms with Crippen LogP contribution < -0.4 is 5.73 Å². The molecule has 0 heterocycles. The molecule has 0 aliphatic carbocycles. The molecular formula is C18H27F2NS. The molecule has 1 nitrogen and oxygen atoms in total. The van der Waals surface area contributed by atoms with Gasteiger partial charge < -0.3 is 5.73 Å². The number of benzene rings is 1. The van der Waals surface area contributed by atoms with Crippen LogP contribution in [0, 0.1) is 5.41 Å². The molecule has 1 rings (SSSR count). The van der Waals surface area contributed by atoms with Gasteiger partial charge >= 0.3 is 0 Å². The molecule has 22 heavy (non-hydrogen) atoms. The van der Waals surface area contributed by atoms with E-state index in [1.165, 1.54) is 5.57 Å². The topological polar surface area (TPSA) is 26.0 Å². The molecule has 0 aliphatic rings. The van der Waals surface area contributed by atoms with E-state index in [-0.39, 0.29) is 11.8 Å². The van der Waals surface area contributed by atoms with E-state index in [9.17, 15) is 8.78 Å². The van der Waals surface area contributed by atoms with E-state index in [1.54, 1.807) is 0 Å². The van der Waals surface area contributed by atoms with E-state index >= 15 is 0 Å². The van der Waals surface area contributed by atoms with Gasteiger partial charge in [-0.3, -0.25) is 0 Å². The first-order valence-electron chi connectivity index (χ1n) is 7.54. The van der Waals surface area contributed by atoms with Gasteiger partial charge in [-0.25, -0.2) is 8.78 Å². The zero-order valence-electron chi connectivity index (χ0n) is 13.7. The molecule has 4 heteroatoms. The third kappa shape index (κ3) is 9.61. The lowest BCUT2D eigenvalue weighted by Crippen LogP contribution is -2.10. The Labute approximate surface area is 138 Å². The van der Waals surface area contributed by atoms with Crippen LogP contribution in [0.5, 0.6) is 0 Å². The van der Waals surface area contributed by atoms with Gasteiger partial charge in [0.05, 0.1) is 5.49 Å². The van der Waals surface area contributed by atoms with Gasteiger partial charge in [0.2, 0.25) is 6.43 Å². The van der Waals surface area contributed by atoms with Gasteiger partial charge in [0, 0.05) is 6.42 Å². The summed E-state index contributed by atoms with van der Waals surface area (Å²) in [5, 5.41) is 0. The molecule has 0 amide bonds. The van der Waals surface area contributed by atoms with Crippen LogP contribution in [-0.4, -0.2) is 11.9 Å². The average Bonchev–Trinajstić information content (AvgIpc) is 2.47. The lowest BCUT2D eigenvalue weighted by molar-refractivity contribution is 0.139. The Morgan fingerprint density at radius 3 is 2.27 bits per heavy atom. The molecule has 0 radical (unpaired) electrons. The highest BCUT2D eigenvalue weighted by Gasteiger charge is 2.18. The lowest BCUT2D eigenvalue weighted by Gasteiger charge is -2.24. The normalized spacial score (nSPS) is 11.8. The Kier molecular flexibility index (Phi) is 10.6. The first-order valence-corrected chi connectivity index (χ1v) is 8.01. The van der Waals surface area contributed by atoms with Crippen LogP contribution in [0.3, 0.4) is 0 Å². The van der Waals surface area contributed by atoms with Crippen LogP contribution in [0.25, 0.3) is 5.57 Å². The monoisotopic (exact) mass is 327 g/mol. The second-order valence-corrected chi connectivity index (χ2v) is 6.17. The van der Waals surface area contributed by atoms with Crippen molar-refractivity contribution in [1.29, 1.82) is 0 Å².